The van der Waals surface area contributed by atoms with Crippen molar-refractivity contribution in [3.63, 3.8) is 0 Å². The predicted molar refractivity (Wildman–Crippen MR) is 151 cm³/mol. The number of rotatable bonds is 10. The Balaban J connectivity index is 0. The molecule has 0 aromatic carbocycles. The van der Waals surface area contributed by atoms with Crippen molar-refractivity contribution in [1.29, 1.82) is 0 Å². The number of hydrazine groups is 1. The average molecular weight is 477 g/mol. The highest BCUT2D eigenvalue weighted by Gasteiger charge is 2.38. The molecule has 5 nitrogen and oxygen atoms in total. The van der Waals surface area contributed by atoms with Crippen LogP contribution in [0.1, 0.15) is 107 Å². The molecule has 1 saturated heterocycles. The molecule has 1 atom stereocenters. The molecule has 4 N–H and O–H groups in total. The molecule has 0 aromatic heterocycles. The fourth-order valence-electron chi connectivity index (χ4n) is 4.07. The van der Waals surface area contributed by atoms with Crippen molar-refractivity contribution in [2.24, 2.45) is 11.8 Å². The second-order valence-corrected chi connectivity index (χ2v) is 9.03. The van der Waals surface area contributed by atoms with E-state index in [9.17, 15) is 4.79 Å². The summed E-state index contributed by atoms with van der Waals surface area (Å²) >= 11 is 0. The summed E-state index contributed by atoms with van der Waals surface area (Å²) in [4.78, 5) is 12.2. The minimum atomic E-state index is -0.254. The van der Waals surface area contributed by atoms with Crippen LogP contribution in [-0.4, -0.2) is 29.5 Å². The predicted octanol–water partition coefficient (Wildman–Crippen LogP) is 7.00. The fourth-order valence-corrected chi connectivity index (χ4v) is 4.07. The number of amides is 1. The van der Waals surface area contributed by atoms with E-state index in [-0.39, 0.29) is 17.5 Å². The highest BCUT2D eigenvalue weighted by molar-refractivity contribution is 5.93. The molecule has 0 spiro atoms. The Labute approximate surface area is 212 Å². The van der Waals surface area contributed by atoms with Gasteiger partial charge in [0, 0.05) is 7.05 Å². The summed E-state index contributed by atoms with van der Waals surface area (Å²) in [5, 5.41) is 7.90. The van der Waals surface area contributed by atoms with Crippen LogP contribution in [0, 0.1) is 5.92 Å². The van der Waals surface area contributed by atoms with Gasteiger partial charge in [-0.05, 0) is 44.6 Å². The normalized spacial score (nSPS) is 18.9. The Morgan fingerprint density at radius 1 is 1.18 bits per heavy atom. The number of nitrogens with one attached hydrogen (secondary N) is 2. The zero-order chi connectivity index (χ0) is 26.7. The largest absolute Gasteiger partial charge is 0.364 e. The van der Waals surface area contributed by atoms with Crippen LogP contribution in [0.15, 0.2) is 47.9 Å². The molecule has 0 aromatic rings. The number of allylic oxidation sites excluding steroid dienone is 4. The number of carbonyl (C=O) groups excluding carboxylic acids is 1. The van der Waals surface area contributed by atoms with Gasteiger partial charge in [0.25, 0.3) is 5.91 Å². The highest BCUT2D eigenvalue weighted by atomic mass is 16.1. The van der Waals surface area contributed by atoms with E-state index >= 15 is 0 Å². The van der Waals surface area contributed by atoms with E-state index in [4.69, 9.17) is 5.84 Å². The Kier molecular flexibility index (Phi) is 19.4. The Hall–Kier alpha value is -2.01. The first-order valence-corrected chi connectivity index (χ1v) is 13.4. The van der Waals surface area contributed by atoms with Gasteiger partial charge in [0.05, 0.1) is 17.2 Å². The van der Waals surface area contributed by atoms with Crippen LogP contribution >= 0.6 is 0 Å². The van der Waals surface area contributed by atoms with E-state index in [0.717, 1.165) is 18.8 Å². The third-order valence-corrected chi connectivity index (χ3v) is 6.31. The second-order valence-electron chi connectivity index (χ2n) is 9.03. The summed E-state index contributed by atoms with van der Waals surface area (Å²) < 4.78 is 0. The lowest BCUT2D eigenvalue weighted by atomic mass is 9.86. The highest BCUT2D eigenvalue weighted by Crippen LogP contribution is 2.32. The molecule has 0 aliphatic carbocycles. The van der Waals surface area contributed by atoms with Crippen molar-refractivity contribution in [3.05, 3.63) is 47.9 Å². The molecular formula is C29H56N4O. The molecule has 1 aliphatic rings. The summed E-state index contributed by atoms with van der Waals surface area (Å²) in [6, 6.07) is 0.139. The van der Waals surface area contributed by atoms with E-state index < -0.39 is 0 Å². The van der Waals surface area contributed by atoms with Crippen LogP contribution < -0.4 is 16.5 Å². The lowest BCUT2D eigenvalue weighted by Gasteiger charge is -2.47. The maximum atomic E-state index is 12.2. The summed E-state index contributed by atoms with van der Waals surface area (Å²) in [6.07, 6.45) is 15.7. The summed E-state index contributed by atoms with van der Waals surface area (Å²) in [7, 11) is 1.64. The van der Waals surface area contributed by atoms with Gasteiger partial charge in [0.2, 0.25) is 0 Å². The Morgan fingerprint density at radius 3 is 2.15 bits per heavy atom. The van der Waals surface area contributed by atoms with Gasteiger partial charge in [-0.15, -0.1) is 0 Å². The van der Waals surface area contributed by atoms with E-state index in [1.54, 1.807) is 18.1 Å². The molecule has 0 radical (unpaired) electrons. The molecule has 0 saturated carbocycles. The standard InChI is InChI=1S/C19H32N4O.C8H18.C2H6/c1-7-10-11-12-14(8-2)16-13-19(4,5)23(20)17(22-16)15(9-3)18(24)21-6;1-4-7-8(5-2)6-3;1-2/h7,10-12,16,22H,1,8-9,13,20H2,2-6H3,(H,21,24);8H,4-7H2,1-3H3;1-2H3/b11-10-,14-12+,17-15+;;/t16-;;/m1../s1. The Bertz CT molecular complexity index is 657. The maximum Gasteiger partial charge on any atom is 0.250 e. The molecule has 5 heteroatoms. The monoisotopic (exact) mass is 476 g/mol. The minimum Gasteiger partial charge on any atom is -0.364 e. The van der Waals surface area contributed by atoms with Crippen molar-refractivity contribution in [2.45, 2.75) is 119 Å². The molecule has 0 unspecified atom stereocenters. The molecule has 1 amide bonds. The minimum absolute atomic E-state index is 0.0968. The molecule has 1 aliphatic heterocycles. The molecule has 1 fully saturated rings. The van der Waals surface area contributed by atoms with E-state index in [1.165, 1.54) is 31.3 Å². The van der Waals surface area contributed by atoms with Crippen molar-refractivity contribution in [3.8, 4) is 0 Å². The summed E-state index contributed by atoms with van der Waals surface area (Å²) in [5.74, 6) is 7.95. The van der Waals surface area contributed by atoms with Crippen LogP contribution in [-0.2, 0) is 4.79 Å². The zero-order valence-corrected chi connectivity index (χ0v) is 24.1. The van der Waals surface area contributed by atoms with Gasteiger partial charge in [0.15, 0.2) is 0 Å². The van der Waals surface area contributed by atoms with Crippen molar-refractivity contribution < 1.29 is 4.79 Å². The first-order chi connectivity index (χ1) is 16.2. The molecule has 198 valence electrons. The second kappa shape index (κ2) is 19.3. The molecule has 34 heavy (non-hydrogen) atoms. The van der Waals surface area contributed by atoms with Crippen LogP contribution in [0.3, 0.4) is 0 Å². The molecule has 1 rings (SSSR count). The van der Waals surface area contributed by atoms with Gasteiger partial charge in [-0.2, -0.15) is 0 Å². The lowest BCUT2D eigenvalue weighted by Crippen LogP contribution is -2.61. The topological polar surface area (TPSA) is 70.4 Å². The third-order valence-electron chi connectivity index (χ3n) is 6.31. The van der Waals surface area contributed by atoms with Crippen molar-refractivity contribution in [1.82, 2.24) is 15.6 Å². The Morgan fingerprint density at radius 2 is 1.76 bits per heavy atom. The first-order valence-electron chi connectivity index (χ1n) is 13.4. The van der Waals surface area contributed by atoms with Crippen LogP contribution in [0.2, 0.25) is 0 Å². The number of hydrogen-bond acceptors (Lipinski definition) is 4. The number of hydrogen-bond donors (Lipinski definition) is 3. The summed E-state index contributed by atoms with van der Waals surface area (Å²) in [6.45, 7) is 22.8. The SMILES string of the molecule is C=C/C=C\C=C(/CC)[C@H]1CC(C)(C)N(N)/C(=C(\CC)C(=O)NC)N1.CC.CCCC(CC)CC. The van der Waals surface area contributed by atoms with Crippen molar-refractivity contribution in [2.75, 3.05) is 7.05 Å². The lowest BCUT2D eigenvalue weighted by molar-refractivity contribution is -0.117. The van der Waals surface area contributed by atoms with Gasteiger partial charge < -0.3 is 10.6 Å². The molecular weight excluding hydrogens is 420 g/mol. The smallest absolute Gasteiger partial charge is 0.250 e. The number of nitrogens with zero attached hydrogens (tertiary/aromatic N) is 1. The van der Waals surface area contributed by atoms with Gasteiger partial charge >= 0.3 is 0 Å². The van der Waals surface area contributed by atoms with E-state index in [2.05, 4.69) is 64.8 Å². The number of nitrogens with two attached hydrogens (primary N) is 1. The van der Waals surface area contributed by atoms with Crippen molar-refractivity contribution >= 4 is 5.91 Å². The summed E-state index contributed by atoms with van der Waals surface area (Å²) in [5.41, 5.74) is 1.70. The average Bonchev–Trinajstić information content (AvgIpc) is 2.84. The molecule has 0 bridgehead atoms. The van der Waals surface area contributed by atoms with Gasteiger partial charge in [-0.1, -0.05) is 105 Å². The first kappa shape index (κ1) is 34.2. The quantitative estimate of drug-likeness (QED) is 0.180. The third kappa shape index (κ3) is 11.4. The van der Waals surface area contributed by atoms with E-state index in [0.29, 0.717) is 17.8 Å². The van der Waals surface area contributed by atoms with E-state index in [1.807, 2.05) is 32.9 Å². The van der Waals surface area contributed by atoms with Gasteiger partial charge in [-0.3, -0.25) is 9.80 Å². The zero-order valence-electron chi connectivity index (χ0n) is 24.1. The maximum absolute atomic E-state index is 12.2. The fraction of sp³-hybridized carbons (Fsp3) is 0.690. The molecule has 1 heterocycles. The van der Waals surface area contributed by atoms with Gasteiger partial charge in [-0.25, -0.2) is 5.84 Å². The van der Waals surface area contributed by atoms with Crippen LogP contribution in [0.5, 0.6) is 0 Å². The van der Waals surface area contributed by atoms with Gasteiger partial charge in [0.1, 0.15) is 5.82 Å². The van der Waals surface area contributed by atoms with Crippen LogP contribution in [0.25, 0.3) is 0 Å². The van der Waals surface area contributed by atoms with Crippen LogP contribution in [0.4, 0.5) is 0 Å². The number of likely N-dealkylation sites (N-methyl/N-ethyl adjacent to an activating group) is 1. The number of carbonyl (C=O) groups is 1.